The first-order valence-corrected chi connectivity index (χ1v) is 11.0. The zero-order valence-electron chi connectivity index (χ0n) is 17.9. The number of aromatic nitrogens is 1. The zero-order chi connectivity index (χ0) is 21.5. The maximum atomic E-state index is 13.2. The van der Waals surface area contributed by atoms with Gasteiger partial charge >= 0.3 is 0 Å². The number of benzene rings is 2. The predicted octanol–water partition coefficient (Wildman–Crippen LogP) is 5.48. The molecule has 0 saturated carbocycles. The van der Waals surface area contributed by atoms with E-state index in [2.05, 4.69) is 13.8 Å². The molecule has 30 heavy (non-hydrogen) atoms. The van der Waals surface area contributed by atoms with Gasteiger partial charge < -0.3 is 14.4 Å². The van der Waals surface area contributed by atoms with Crippen LogP contribution in [0.5, 0.6) is 11.5 Å². The Balaban J connectivity index is 1.71. The van der Waals surface area contributed by atoms with Crippen LogP contribution in [0.25, 0.3) is 0 Å². The first-order chi connectivity index (χ1) is 14.5. The Labute approximate surface area is 182 Å². The molecule has 0 N–H and O–H groups in total. The number of methoxy groups -OCH3 is 1. The summed E-state index contributed by atoms with van der Waals surface area (Å²) in [5, 5.41) is 2.87. The van der Waals surface area contributed by atoms with Gasteiger partial charge in [-0.05, 0) is 44.0 Å². The lowest BCUT2D eigenvalue weighted by Crippen LogP contribution is -2.38. The first-order valence-electron chi connectivity index (χ1n) is 10.1. The summed E-state index contributed by atoms with van der Waals surface area (Å²) in [5.74, 6) is 1.43. The molecule has 0 bridgehead atoms. The van der Waals surface area contributed by atoms with Gasteiger partial charge in [0.15, 0.2) is 11.5 Å². The average molecular weight is 425 g/mol. The molecule has 0 spiro atoms. The van der Waals surface area contributed by atoms with Crippen molar-refractivity contribution in [3.05, 3.63) is 75.7 Å². The third-order valence-corrected chi connectivity index (χ3v) is 5.98. The molecule has 1 amide bonds. The number of amides is 1. The highest BCUT2D eigenvalue weighted by molar-refractivity contribution is 7.09. The van der Waals surface area contributed by atoms with Gasteiger partial charge in [0.05, 0.1) is 19.3 Å². The molecule has 0 aliphatic rings. The van der Waals surface area contributed by atoms with Crippen LogP contribution >= 0.6 is 11.3 Å². The minimum absolute atomic E-state index is 0.0438. The van der Waals surface area contributed by atoms with Crippen LogP contribution in [0.15, 0.2) is 53.9 Å². The number of hydrogen-bond acceptors (Lipinski definition) is 5. The summed E-state index contributed by atoms with van der Waals surface area (Å²) in [5.41, 5.74) is 2.61. The lowest BCUT2D eigenvalue weighted by molar-refractivity contribution is 0.0668. The van der Waals surface area contributed by atoms with Crippen LogP contribution < -0.4 is 9.47 Å². The minimum atomic E-state index is 0.0438. The van der Waals surface area contributed by atoms with Gasteiger partial charge in [-0.25, -0.2) is 4.98 Å². The quantitative estimate of drug-likeness (QED) is 0.456. The standard InChI is InChI=1S/C24H28N2O3S/c1-5-18(3)26(24(27)20-11-7-6-10-17(20)2)14-19-16-30-23(25-19)15-29-22-13-9-8-12-21(22)28-4/h6-13,16,18H,5,14-15H2,1-4H3. The summed E-state index contributed by atoms with van der Waals surface area (Å²) in [6.07, 6.45) is 0.880. The second-order valence-electron chi connectivity index (χ2n) is 7.18. The predicted molar refractivity (Wildman–Crippen MR) is 120 cm³/mol. The smallest absolute Gasteiger partial charge is 0.254 e. The second kappa shape index (κ2) is 10.3. The summed E-state index contributed by atoms with van der Waals surface area (Å²) in [7, 11) is 1.62. The van der Waals surface area contributed by atoms with Gasteiger partial charge in [0.2, 0.25) is 0 Å². The summed E-state index contributed by atoms with van der Waals surface area (Å²) in [6, 6.07) is 15.4. The minimum Gasteiger partial charge on any atom is -0.493 e. The molecule has 6 heteroatoms. The van der Waals surface area contributed by atoms with Gasteiger partial charge in [-0.1, -0.05) is 37.3 Å². The van der Waals surface area contributed by atoms with Crippen LogP contribution in [-0.4, -0.2) is 28.9 Å². The molecule has 0 aliphatic heterocycles. The summed E-state index contributed by atoms with van der Waals surface area (Å²) in [4.78, 5) is 19.8. The van der Waals surface area contributed by atoms with Crippen molar-refractivity contribution in [1.29, 1.82) is 0 Å². The van der Waals surface area contributed by atoms with Crippen molar-refractivity contribution in [1.82, 2.24) is 9.88 Å². The van der Waals surface area contributed by atoms with Crippen LogP contribution in [0, 0.1) is 6.92 Å². The lowest BCUT2D eigenvalue weighted by Gasteiger charge is -2.28. The maximum absolute atomic E-state index is 13.2. The van der Waals surface area contributed by atoms with Crippen LogP contribution in [0.1, 0.15) is 46.9 Å². The Morgan fingerprint density at radius 2 is 1.83 bits per heavy atom. The van der Waals surface area contributed by atoms with Gasteiger partial charge in [0.1, 0.15) is 11.6 Å². The Kier molecular flexibility index (Phi) is 7.46. The van der Waals surface area contributed by atoms with Crippen molar-refractivity contribution in [2.75, 3.05) is 7.11 Å². The monoisotopic (exact) mass is 424 g/mol. The maximum Gasteiger partial charge on any atom is 0.254 e. The molecule has 1 heterocycles. The van der Waals surface area contributed by atoms with E-state index in [1.54, 1.807) is 7.11 Å². The Bertz CT molecular complexity index is 986. The van der Waals surface area contributed by atoms with Crippen molar-refractivity contribution >= 4 is 17.2 Å². The molecule has 1 aromatic heterocycles. The SMILES string of the molecule is CCC(C)N(Cc1csc(COc2ccccc2OC)n1)C(=O)c1ccccc1C. The number of hydrogen-bond donors (Lipinski definition) is 0. The van der Waals surface area contributed by atoms with E-state index in [9.17, 15) is 4.79 Å². The molecule has 1 unspecified atom stereocenters. The molecular weight excluding hydrogens is 396 g/mol. The molecule has 1 atom stereocenters. The van der Waals surface area contributed by atoms with E-state index in [0.717, 1.165) is 28.2 Å². The fourth-order valence-electron chi connectivity index (χ4n) is 3.16. The van der Waals surface area contributed by atoms with Crippen molar-refractivity contribution in [2.45, 2.75) is 46.4 Å². The number of nitrogens with zero attached hydrogens (tertiary/aromatic N) is 2. The van der Waals surface area contributed by atoms with Gasteiger partial charge in [-0.3, -0.25) is 4.79 Å². The molecule has 0 fully saturated rings. The third kappa shape index (κ3) is 5.19. The highest BCUT2D eigenvalue weighted by Crippen LogP contribution is 2.27. The van der Waals surface area contributed by atoms with E-state index in [0.29, 0.717) is 24.7 Å². The van der Waals surface area contributed by atoms with Gasteiger partial charge in [0, 0.05) is 17.0 Å². The molecule has 5 nitrogen and oxygen atoms in total. The van der Waals surface area contributed by atoms with E-state index in [-0.39, 0.29) is 11.9 Å². The molecule has 158 valence electrons. The second-order valence-corrected chi connectivity index (χ2v) is 8.12. The average Bonchev–Trinajstić information content (AvgIpc) is 3.23. The number of carbonyl (C=O) groups excluding carboxylic acids is 1. The van der Waals surface area contributed by atoms with Crippen LogP contribution in [0.2, 0.25) is 0 Å². The van der Waals surface area contributed by atoms with Gasteiger partial charge in [0.25, 0.3) is 5.91 Å². The number of aryl methyl sites for hydroxylation is 1. The summed E-state index contributed by atoms with van der Waals surface area (Å²) < 4.78 is 11.2. The molecule has 3 rings (SSSR count). The first kappa shape index (κ1) is 21.8. The Hall–Kier alpha value is -2.86. The fourth-order valence-corrected chi connectivity index (χ4v) is 3.85. The summed E-state index contributed by atoms with van der Waals surface area (Å²) >= 11 is 1.54. The van der Waals surface area contributed by atoms with Crippen molar-refractivity contribution in [3.63, 3.8) is 0 Å². The Morgan fingerprint density at radius 3 is 2.53 bits per heavy atom. The van der Waals surface area contributed by atoms with Crippen LogP contribution in [-0.2, 0) is 13.2 Å². The largest absolute Gasteiger partial charge is 0.493 e. The number of ether oxygens (including phenoxy) is 2. The fraction of sp³-hybridized carbons (Fsp3) is 0.333. The molecule has 2 aromatic carbocycles. The number of thiazole rings is 1. The van der Waals surface area contributed by atoms with Crippen LogP contribution in [0.3, 0.4) is 0 Å². The van der Waals surface area contributed by atoms with E-state index in [1.807, 2.05) is 65.7 Å². The normalized spacial score (nSPS) is 11.7. The van der Waals surface area contributed by atoms with Crippen molar-refractivity contribution in [2.24, 2.45) is 0 Å². The topological polar surface area (TPSA) is 51.7 Å². The lowest BCUT2D eigenvalue weighted by atomic mass is 10.1. The highest BCUT2D eigenvalue weighted by Gasteiger charge is 2.23. The van der Waals surface area contributed by atoms with Crippen molar-refractivity contribution < 1.29 is 14.3 Å². The van der Waals surface area contributed by atoms with E-state index < -0.39 is 0 Å². The van der Waals surface area contributed by atoms with Crippen molar-refractivity contribution in [3.8, 4) is 11.5 Å². The number of carbonyl (C=O) groups is 1. The molecule has 3 aromatic rings. The third-order valence-electron chi connectivity index (χ3n) is 5.11. The molecule has 0 radical (unpaired) electrons. The highest BCUT2D eigenvalue weighted by atomic mass is 32.1. The number of rotatable bonds is 9. The van der Waals surface area contributed by atoms with Gasteiger partial charge in [-0.2, -0.15) is 0 Å². The Morgan fingerprint density at radius 1 is 1.13 bits per heavy atom. The molecular formula is C24H28N2O3S. The van der Waals surface area contributed by atoms with Gasteiger partial charge in [-0.15, -0.1) is 11.3 Å². The van der Waals surface area contributed by atoms with E-state index in [4.69, 9.17) is 14.5 Å². The number of para-hydroxylation sites is 2. The van der Waals surface area contributed by atoms with E-state index >= 15 is 0 Å². The zero-order valence-corrected chi connectivity index (χ0v) is 18.7. The van der Waals surface area contributed by atoms with Crippen LogP contribution in [0.4, 0.5) is 0 Å². The van der Waals surface area contributed by atoms with E-state index in [1.165, 1.54) is 11.3 Å². The summed E-state index contributed by atoms with van der Waals surface area (Å²) in [6.45, 7) is 6.98. The molecule has 0 aliphatic carbocycles. The molecule has 0 saturated heterocycles.